The maximum absolute atomic E-state index is 13.1. The lowest BCUT2D eigenvalue weighted by Gasteiger charge is -2.38. The number of anilines is 3. The number of carbonyl (C=O) groups is 6. The molecule has 0 spiro atoms. The van der Waals surface area contributed by atoms with E-state index in [9.17, 15) is 28.8 Å². The van der Waals surface area contributed by atoms with Gasteiger partial charge in [-0.25, -0.2) is 15.0 Å². The number of rotatable bonds is 17. The zero-order valence-corrected chi connectivity index (χ0v) is 54.6. The van der Waals surface area contributed by atoms with E-state index in [-0.39, 0.29) is 71.3 Å². The predicted molar refractivity (Wildman–Crippen MR) is 393 cm³/mol. The zero-order chi connectivity index (χ0) is 67.5. The SMILES string of the molecule is C=C(N)C1CCN(C(=O)c2cccc(-c3cnc(C)c(C(=O)Nc4ccccc4)n3)c2)CC1.CCC1CN(C(=O)c2cccc(-c3cnc(C)c(C(=O)Nc4ccccc4)n3)c2)C1.Cc1ncc(-c2cccc(C(=O)NCCN3CCCCC3)c2)nc1C(=O)Nc1ccccc1.[HH].[HH].[HH].[HH].[HH].[HH].[HH].[HH].[HH]. The number of hydrogen-bond acceptors (Lipinski definition) is 14. The molecule has 20 nitrogen and oxygen atoms in total. The maximum Gasteiger partial charge on any atom is 0.276 e. The number of amides is 6. The highest BCUT2D eigenvalue weighted by molar-refractivity contribution is 6.06. The molecule has 20 heteroatoms. The van der Waals surface area contributed by atoms with Gasteiger partial charge in [-0.3, -0.25) is 43.7 Å². The van der Waals surface area contributed by atoms with Crippen LogP contribution in [0.4, 0.5) is 17.1 Å². The van der Waals surface area contributed by atoms with Crippen molar-refractivity contribution in [1.29, 1.82) is 0 Å². The van der Waals surface area contributed by atoms with Gasteiger partial charge in [0.25, 0.3) is 35.4 Å². The fraction of sp³-hybridized carbons (Fsp3) is 0.263. The van der Waals surface area contributed by atoms with Gasteiger partial charge in [-0.2, -0.15) is 0 Å². The number of aryl methyl sites for hydroxylation is 3. The van der Waals surface area contributed by atoms with E-state index < -0.39 is 0 Å². The average molecular weight is 1300 g/mol. The van der Waals surface area contributed by atoms with Crippen molar-refractivity contribution in [3.05, 3.63) is 246 Å². The van der Waals surface area contributed by atoms with E-state index in [1.54, 1.807) is 63.6 Å². The molecule has 0 radical (unpaired) electrons. The number of piperidine rings is 2. The van der Waals surface area contributed by atoms with Gasteiger partial charge in [-0.1, -0.05) is 111 Å². The molecule has 3 aliphatic heterocycles. The third-order valence-corrected chi connectivity index (χ3v) is 17.1. The molecule has 0 aliphatic carbocycles. The quantitative estimate of drug-likeness (QED) is 0.0568. The average Bonchev–Trinajstić information content (AvgIpc) is 0.818. The van der Waals surface area contributed by atoms with E-state index in [1.807, 2.05) is 149 Å². The summed E-state index contributed by atoms with van der Waals surface area (Å²) in [7, 11) is 0. The van der Waals surface area contributed by atoms with Gasteiger partial charge in [-0.05, 0) is 145 Å². The van der Waals surface area contributed by atoms with Crippen LogP contribution in [0.1, 0.15) is 138 Å². The second kappa shape index (κ2) is 32.6. The van der Waals surface area contributed by atoms with Crippen LogP contribution in [0.15, 0.2) is 195 Å². The molecule has 0 unspecified atom stereocenters. The molecule has 3 aromatic heterocycles. The molecule has 9 aromatic rings. The number of carbonyl (C=O) groups excluding carboxylic acids is 6. The van der Waals surface area contributed by atoms with Crippen LogP contribution in [0, 0.1) is 32.6 Å². The Balaban J connectivity index is 0.000000756. The minimum absolute atomic E-state index is 0. The van der Waals surface area contributed by atoms with Gasteiger partial charge in [0.05, 0.1) is 52.8 Å². The Kier molecular flexibility index (Phi) is 23.0. The molecule has 6 aromatic carbocycles. The smallest absolute Gasteiger partial charge is 0.276 e. The Hall–Kier alpha value is -11.1. The number of nitrogens with two attached hydrogens (primary N) is 1. The van der Waals surface area contributed by atoms with Crippen LogP contribution in [0.25, 0.3) is 33.8 Å². The van der Waals surface area contributed by atoms with Crippen molar-refractivity contribution in [2.24, 2.45) is 17.6 Å². The summed E-state index contributed by atoms with van der Waals surface area (Å²) >= 11 is 0. The summed E-state index contributed by atoms with van der Waals surface area (Å²) in [6.45, 7) is 17.9. The van der Waals surface area contributed by atoms with Gasteiger partial charge in [0.1, 0.15) is 17.1 Å². The van der Waals surface area contributed by atoms with Crippen LogP contribution in [0.3, 0.4) is 0 Å². The second-order valence-electron chi connectivity index (χ2n) is 24.1. The Bertz CT molecular complexity index is 4270. The lowest BCUT2D eigenvalue weighted by atomic mass is 9.94. The summed E-state index contributed by atoms with van der Waals surface area (Å²) in [5, 5.41) is 11.5. The summed E-state index contributed by atoms with van der Waals surface area (Å²) < 4.78 is 0. The van der Waals surface area contributed by atoms with Crippen LogP contribution in [0.5, 0.6) is 0 Å². The lowest BCUT2D eigenvalue weighted by molar-refractivity contribution is 0.0494. The van der Waals surface area contributed by atoms with Crippen LogP contribution in [-0.2, 0) is 0 Å². The van der Waals surface area contributed by atoms with Crippen molar-refractivity contribution in [1.82, 2.24) is 49.9 Å². The van der Waals surface area contributed by atoms with Crippen LogP contribution in [-0.4, -0.2) is 132 Å². The Morgan fingerprint density at radius 1 is 0.490 bits per heavy atom. The molecule has 0 atom stereocenters. The first-order valence-electron chi connectivity index (χ1n) is 32.5. The first-order chi connectivity index (χ1) is 46.6. The highest BCUT2D eigenvalue weighted by atomic mass is 16.2. The summed E-state index contributed by atoms with van der Waals surface area (Å²) in [5.74, 6) is -0.204. The van der Waals surface area contributed by atoms with Gasteiger partial charge in [-0.15, -0.1) is 0 Å². The van der Waals surface area contributed by atoms with Crippen LogP contribution < -0.4 is 27.0 Å². The number of nitrogens with one attached hydrogen (secondary N) is 4. The fourth-order valence-corrected chi connectivity index (χ4v) is 11.4. The third-order valence-electron chi connectivity index (χ3n) is 17.1. The molecule has 0 saturated carbocycles. The molecule has 6 N–H and O–H groups in total. The van der Waals surface area contributed by atoms with E-state index >= 15 is 0 Å². The molecule has 96 heavy (non-hydrogen) atoms. The van der Waals surface area contributed by atoms with Gasteiger partial charge in [0.15, 0.2) is 0 Å². The number of hydrogen-bond donors (Lipinski definition) is 5. The Labute approximate surface area is 573 Å². The fourth-order valence-electron chi connectivity index (χ4n) is 11.4. The van der Waals surface area contributed by atoms with Crippen molar-refractivity contribution in [3.63, 3.8) is 0 Å². The minimum atomic E-state index is -0.329. The number of aromatic nitrogens is 6. The van der Waals surface area contributed by atoms with E-state index in [1.165, 1.54) is 19.3 Å². The summed E-state index contributed by atoms with van der Waals surface area (Å²) in [5.41, 5.74) is 16.6. The zero-order valence-electron chi connectivity index (χ0n) is 54.6. The van der Waals surface area contributed by atoms with E-state index in [4.69, 9.17) is 5.73 Å². The van der Waals surface area contributed by atoms with Gasteiger partial charge in [0, 0.05) is 114 Å². The molecule has 6 amide bonds. The Morgan fingerprint density at radius 2 is 0.875 bits per heavy atom. The van der Waals surface area contributed by atoms with Gasteiger partial charge >= 0.3 is 0 Å². The van der Waals surface area contributed by atoms with Crippen LogP contribution >= 0.6 is 0 Å². The molecule has 6 heterocycles. The van der Waals surface area contributed by atoms with Crippen LogP contribution in [0.2, 0.25) is 0 Å². The Morgan fingerprint density at radius 3 is 1.27 bits per heavy atom. The highest BCUT2D eigenvalue weighted by Gasteiger charge is 2.30. The van der Waals surface area contributed by atoms with Gasteiger partial charge in [0.2, 0.25) is 0 Å². The third kappa shape index (κ3) is 18.0. The second-order valence-corrected chi connectivity index (χ2v) is 24.1. The summed E-state index contributed by atoms with van der Waals surface area (Å²) in [6, 6.07) is 49.5. The largest absolute Gasteiger partial charge is 0.402 e. The molecule has 3 saturated heterocycles. The number of nitrogens with zero attached hydrogens (tertiary/aromatic N) is 9. The number of para-hydroxylation sites is 3. The van der Waals surface area contributed by atoms with Crippen molar-refractivity contribution in [3.8, 4) is 33.8 Å². The van der Waals surface area contributed by atoms with E-state index in [0.717, 1.165) is 68.7 Å². The van der Waals surface area contributed by atoms with Gasteiger partial charge < -0.3 is 41.7 Å². The molecule has 508 valence electrons. The standard InChI is InChI=1S/C26H27N5O2.C26H29N5O2.C24H24N4O2.9H2/c1-17(27)19-11-13-31(14-12-19)26(33)21-8-6-7-20(15-21)23-16-28-18(2)24(30-23)25(32)29-22-9-4-3-5-10-22;1-19-24(26(33)29-22-11-4-2-5-12-22)30-23(18-28-19)20-9-8-10-21(17-20)25(32)27-13-16-31-14-6-3-7-15-31;1-3-17-14-28(15-17)24(30)19-9-7-8-18(12-19)21-13-25-16(2)22(27-21)23(29)26-20-10-5-4-6-11-20;;;;;;;;;/h3-10,15-16,19H,1,11-14,27H2,2H3,(H,29,32);2,4-5,8-12,17-18H,3,6-7,13-16H2,1H3,(H,27,32)(H,29,33);4-13,17H,3,14-15H2,1-2H3,(H,26,29);9*1H. The number of likely N-dealkylation sites (tertiary alicyclic amines) is 3. The molecule has 0 bridgehead atoms. The van der Waals surface area contributed by atoms with Crippen molar-refractivity contribution in [2.45, 2.75) is 66.2 Å². The highest BCUT2D eigenvalue weighted by Crippen LogP contribution is 2.28. The lowest BCUT2D eigenvalue weighted by Crippen LogP contribution is -2.49. The normalized spacial score (nSPS) is 13.9. The molecule has 3 aliphatic rings. The number of benzene rings is 6. The van der Waals surface area contributed by atoms with E-state index in [0.29, 0.717) is 99.2 Å². The summed E-state index contributed by atoms with van der Waals surface area (Å²) in [4.78, 5) is 110. The predicted octanol–water partition coefficient (Wildman–Crippen LogP) is 14.3. The molecule has 12 rings (SSSR count). The molecular formula is C76H98N14O6. The first-order valence-corrected chi connectivity index (χ1v) is 32.5. The van der Waals surface area contributed by atoms with E-state index in [2.05, 4.69) is 69.6 Å². The molecule has 3 fully saturated rings. The van der Waals surface area contributed by atoms with Crippen molar-refractivity contribution >= 4 is 52.5 Å². The first kappa shape index (κ1) is 67.8. The maximum atomic E-state index is 13.1. The summed E-state index contributed by atoms with van der Waals surface area (Å²) in [6.07, 6.45) is 11.4. The molecular weight excluding hydrogens is 1200 g/mol. The number of allylic oxidation sites excluding steroid dienone is 1. The monoisotopic (exact) mass is 1300 g/mol. The van der Waals surface area contributed by atoms with Crippen molar-refractivity contribution < 1.29 is 41.6 Å². The van der Waals surface area contributed by atoms with Crippen molar-refractivity contribution in [2.75, 3.05) is 68.3 Å². The topological polar surface area (TPSA) is 264 Å². The minimum Gasteiger partial charge on any atom is -0.402 e.